The summed E-state index contributed by atoms with van der Waals surface area (Å²) < 4.78 is 0. The minimum Gasteiger partial charge on any atom is -0.480 e. The number of urea groups is 1. The van der Waals surface area contributed by atoms with Crippen LogP contribution in [0.4, 0.5) is 4.79 Å². The second-order valence-corrected chi connectivity index (χ2v) is 5.32. The maximum atomic E-state index is 12.0. The average Bonchev–Trinajstić information content (AvgIpc) is 2.59. The van der Waals surface area contributed by atoms with Crippen molar-refractivity contribution in [2.75, 3.05) is 13.1 Å². The molecule has 2 N–H and O–H groups in total. The Kier molecular flexibility index (Phi) is 3.26. The molecule has 2 fully saturated rings. The number of hydrogen-bond donors (Lipinski definition) is 2. The first-order valence-corrected chi connectivity index (χ1v) is 6.33. The lowest BCUT2D eigenvalue weighted by molar-refractivity contribution is -0.147. The molecule has 0 aromatic carbocycles. The summed E-state index contributed by atoms with van der Waals surface area (Å²) in [7, 11) is 0. The van der Waals surface area contributed by atoms with Gasteiger partial charge in [-0.25, -0.2) is 9.59 Å². The maximum absolute atomic E-state index is 12.0. The zero-order chi connectivity index (χ0) is 12.5. The molecule has 1 saturated carbocycles. The molecule has 0 bridgehead atoms. The van der Waals surface area contributed by atoms with Crippen LogP contribution in [0, 0.1) is 5.92 Å². The lowest BCUT2D eigenvalue weighted by Gasteiger charge is -2.32. The number of carbonyl (C=O) groups excluding carboxylic acids is 1. The molecule has 0 aromatic heterocycles. The standard InChI is InChI=1S/C12H20N2O3/c1-12(10(15)16)6-3-7-14(12)11(17)13-8-9-4-2-5-9/h9H,2-8H2,1H3,(H,13,17)(H,15,16). The Bertz CT molecular complexity index is 328. The van der Waals surface area contributed by atoms with Gasteiger partial charge in [-0.1, -0.05) is 6.42 Å². The zero-order valence-corrected chi connectivity index (χ0v) is 10.2. The number of nitrogens with zero attached hydrogens (tertiary/aromatic N) is 1. The fraction of sp³-hybridized carbons (Fsp3) is 0.833. The van der Waals surface area contributed by atoms with Gasteiger partial charge >= 0.3 is 12.0 Å². The Hall–Kier alpha value is -1.26. The highest BCUT2D eigenvalue weighted by Gasteiger charge is 2.46. The van der Waals surface area contributed by atoms with E-state index in [1.165, 1.54) is 24.2 Å². The number of carboxylic acids is 1. The van der Waals surface area contributed by atoms with Crippen molar-refractivity contribution in [3.8, 4) is 0 Å². The molecule has 1 aliphatic carbocycles. The highest BCUT2D eigenvalue weighted by molar-refractivity contribution is 5.86. The minimum atomic E-state index is -1.02. The van der Waals surface area contributed by atoms with E-state index in [4.69, 9.17) is 0 Å². The third-order valence-corrected chi connectivity index (χ3v) is 4.11. The van der Waals surface area contributed by atoms with Gasteiger partial charge in [-0.05, 0) is 38.5 Å². The summed E-state index contributed by atoms with van der Waals surface area (Å²) >= 11 is 0. The molecule has 0 aromatic rings. The molecule has 0 spiro atoms. The van der Waals surface area contributed by atoms with Crippen LogP contribution < -0.4 is 5.32 Å². The minimum absolute atomic E-state index is 0.223. The maximum Gasteiger partial charge on any atom is 0.329 e. The number of nitrogens with one attached hydrogen (secondary N) is 1. The van der Waals surface area contributed by atoms with Crippen molar-refractivity contribution in [1.29, 1.82) is 0 Å². The van der Waals surface area contributed by atoms with Crippen molar-refractivity contribution in [3.05, 3.63) is 0 Å². The summed E-state index contributed by atoms with van der Waals surface area (Å²) in [6, 6.07) is -0.223. The quantitative estimate of drug-likeness (QED) is 0.784. The molecule has 1 saturated heterocycles. The lowest BCUT2D eigenvalue weighted by Crippen LogP contribution is -2.54. The number of carbonyl (C=O) groups is 2. The number of carboxylic acid groups (broad SMARTS) is 1. The van der Waals surface area contributed by atoms with E-state index in [0.717, 1.165) is 6.42 Å². The van der Waals surface area contributed by atoms with Crippen molar-refractivity contribution >= 4 is 12.0 Å². The highest BCUT2D eigenvalue weighted by Crippen LogP contribution is 2.29. The number of rotatable bonds is 3. The van der Waals surface area contributed by atoms with Crippen LogP contribution in [0.15, 0.2) is 0 Å². The van der Waals surface area contributed by atoms with Gasteiger partial charge in [-0.15, -0.1) is 0 Å². The van der Waals surface area contributed by atoms with Crippen LogP contribution in [-0.4, -0.2) is 40.6 Å². The molecular weight excluding hydrogens is 220 g/mol. The van der Waals surface area contributed by atoms with E-state index in [1.807, 2.05) is 0 Å². The Labute approximate surface area is 101 Å². The van der Waals surface area contributed by atoms with E-state index in [1.54, 1.807) is 6.92 Å². The van der Waals surface area contributed by atoms with Gasteiger partial charge < -0.3 is 15.3 Å². The van der Waals surface area contributed by atoms with Crippen LogP contribution in [0.3, 0.4) is 0 Å². The normalized spacial score (nSPS) is 28.9. The topological polar surface area (TPSA) is 69.6 Å². The largest absolute Gasteiger partial charge is 0.480 e. The summed E-state index contributed by atoms with van der Waals surface area (Å²) in [6.45, 7) is 2.86. The van der Waals surface area contributed by atoms with E-state index in [-0.39, 0.29) is 6.03 Å². The third kappa shape index (κ3) is 2.23. The molecule has 1 heterocycles. The Morgan fingerprint density at radius 1 is 1.41 bits per heavy atom. The van der Waals surface area contributed by atoms with E-state index >= 15 is 0 Å². The molecule has 2 amide bonds. The molecule has 1 atom stereocenters. The highest BCUT2D eigenvalue weighted by atomic mass is 16.4. The monoisotopic (exact) mass is 240 g/mol. The van der Waals surface area contributed by atoms with Gasteiger partial charge in [0.25, 0.3) is 0 Å². The summed E-state index contributed by atoms with van der Waals surface area (Å²) in [6.07, 6.45) is 4.91. The van der Waals surface area contributed by atoms with E-state index in [2.05, 4.69) is 5.32 Å². The summed E-state index contributed by atoms with van der Waals surface area (Å²) in [5.41, 5.74) is -1.02. The molecule has 1 unspecified atom stereocenters. The van der Waals surface area contributed by atoms with Crippen LogP contribution in [0.25, 0.3) is 0 Å². The summed E-state index contributed by atoms with van der Waals surface area (Å²) in [5, 5.41) is 12.1. The first-order chi connectivity index (χ1) is 8.04. The molecule has 2 rings (SSSR count). The van der Waals surface area contributed by atoms with Crippen LogP contribution in [-0.2, 0) is 4.79 Å². The van der Waals surface area contributed by atoms with Gasteiger partial charge in [0.1, 0.15) is 5.54 Å². The molecule has 5 heteroatoms. The molecule has 5 nitrogen and oxygen atoms in total. The van der Waals surface area contributed by atoms with Crippen molar-refractivity contribution < 1.29 is 14.7 Å². The molecule has 2 aliphatic rings. The van der Waals surface area contributed by atoms with Crippen LogP contribution in [0.2, 0.25) is 0 Å². The van der Waals surface area contributed by atoms with Crippen LogP contribution >= 0.6 is 0 Å². The predicted octanol–water partition coefficient (Wildman–Crippen LogP) is 1.44. The van der Waals surface area contributed by atoms with Gasteiger partial charge in [0.2, 0.25) is 0 Å². The van der Waals surface area contributed by atoms with E-state index < -0.39 is 11.5 Å². The molecule has 17 heavy (non-hydrogen) atoms. The van der Waals surface area contributed by atoms with Crippen LogP contribution in [0.5, 0.6) is 0 Å². The van der Waals surface area contributed by atoms with E-state index in [9.17, 15) is 14.7 Å². The average molecular weight is 240 g/mol. The first kappa shape index (κ1) is 12.2. The number of likely N-dealkylation sites (tertiary alicyclic amines) is 1. The Morgan fingerprint density at radius 3 is 2.65 bits per heavy atom. The van der Waals surface area contributed by atoms with Gasteiger partial charge in [-0.3, -0.25) is 0 Å². The number of aliphatic carboxylic acids is 1. The zero-order valence-electron chi connectivity index (χ0n) is 10.2. The fourth-order valence-corrected chi connectivity index (χ4v) is 2.54. The van der Waals surface area contributed by atoms with Crippen LogP contribution in [0.1, 0.15) is 39.0 Å². The Morgan fingerprint density at radius 2 is 2.12 bits per heavy atom. The lowest BCUT2D eigenvalue weighted by atomic mass is 9.85. The van der Waals surface area contributed by atoms with Crippen molar-refractivity contribution in [3.63, 3.8) is 0 Å². The number of hydrogen-bond acceptors (Lipinski definition) is 2. The van der Waals surface area contributed by atoms with Gasteiger partial charge in [0, 0.05) is 13.1 Å². The SMILES string of the molecule is CC1(C(=O)O)CCCN1C(=O)NCC1CCC1. The second-order valence-electron chi connectivity index (χ2n) is 5.32. The molecule has 1 aliphatic heterocycles. The predicted molar refractivity (Wildman–Crippen MR) is 62.7 cm³/mol. The third-order valence-electron chi connectivity index (χ3n) is 4.11. The summed E-state index contributed by atoms with van der Waals surface area (Å²) in [5.74, 6) is -0.313. The molecular formula is C12H20N2O3. The Balaban J connectivity index is 1.90. The van der Waals surface area contributed by atoms with Gasteiger partial charge in [0.15, 0.2) is 0 Å². The van der Waals surface area contributed by atoms with E-state index in [0.29, 0.717) is 25.4 Å². The van der Waals surface area contributed by atoms with Crippen molar-refractivity contribution in [1.82, 2.24) is 10.2 Å². The van der Waals surface area contributed by atoms with Gasteiger partial charge in [-0.2, -0.15) is 0 Å². The van der Waals surface area contributed by atoms with Gasteiger partial charge in [0.05, 0.1) is 0 Å². The first-order valence-electron chi connectivity index (χ1n) is 6.33. The summed E-state index contributed by atoms with van der Waals surface area (Å²) in [4.78, 5) is 24.6. The van der Waals surface area contributed by atoms with Crippen molar-refractivity contribution in [2.24, 2.45) is 5.92 Å². The molecule has 0 radical (unpaired) electrons. The fourth-order valence-electron chi connectivity index (χ4n) is 2.54. The van der Waals surface area contributed by atoms with Crippen molar-refractivity contribution in [2.45, 2.75) is 44.6 Å². The second kappa shape index (κ2) is 4.55. The molecule has 96 valence electrons. The number of amides is 2. The smallest absolute Gasteiger partial charge is 0.329 e.